The average Bonchev–Trinajstić information content (AvgIpc) is 3.20. The summed E-state index contributed by atoms with van der Waals surface area (Å²) in [6, 6.07) is -0.125. The Balaban J connectivity index is 1.16. The van der Waals surface area contributed by atoms with E-state index in [2.05, 4.69) is 5.32 Å². The molecule has 0 aromatic carbocycles. The normalized spacial score (nSPS) is 54.7. The number of ether oxygens (including phenoxy) is 1. The van der Waals surface area contributed by atoms with Crippen LogP contribution in [0.1, 0.15) is 44.9 Å². The number of hydrogen-bond donors (Lipinski definition) is 3. The van der Waals surface area contributed by atoms with Crippen molar-refractivity contribution < 1.29 is 19.4 Å². The summed E-state index contributed by atoms with van der Waals surface area (Å²) in [7, 11) is 0. The van der Waals surface area contributed by atoms with E-state index in [-0.39, 0.29) is 54.0 Å². The number of likely N-dealkylation sites (tertiary alicyclic amines) is 1. The largest absolute Gasteiger partial charge is 0.373 e. The molecule has 6 unspecified atom stereocenters. The highest BCUT2D eigenvalue weighted by Gasteiger charge is 2.64. The molecule has 7 nitrogen and oxygen atoms in total. The molecule has 27 heavy (non-hydrogen) atoms. The number of hydrogen-bond acceptors (Lipinski definition) is 5. The fraction of sp³-hybridized carbons (Fsp3) is 0.900. The Hall–Kier alpha value is -1.18. The Morgan fingerprint density at radius 2 is 1.81 bits per heavy atom. The third-order valence-corrected chi connectivity index (χ3v) is 8.44. The quantitative estimate of drug-likeness (QED) is 0.642. The van der Waals surface area contributed by atoms with Crippen LogP contribution in [-0.4, -0.2) is 58.4 Å². The monoisotopic (exact) mass is 375 g/mol. The standard InChI is InChI=1S/C20H29N3O4/c21-12-4-13-15-16(17(12)27-13)19(26)23(18(15)25)8-14(24)22-20-5-9-1-10(6-20)3-11(2-9)7-20/h9-13,15-17,19,26H,1-8,21H2,(H,22,24). The van der Waals surface area contributed by atoms with Gasteiger partial charge in [-0.25, -0.2) is 0 Å². The number of aliphatic hydroxyl groups is 1. The van der Waals surface area contributed by atoms with Crippen molar-refractivity contribution in [3.63, 3.8) is 0 Å². The van der Waals surface area contributed by atoms with Crippen molar-refractivity contribution >= 4 is 11.8 Å². The number of amides is 2. The van der Waals surface area contributed by atoms with Crippen molar-refractivity contribution in [2.75, 3.05) is 6.54 Å². The van der Waals surface area contributed by atoms with E-state index in [1.54, 1.807) is 0 Å². The average molecular weight is 375 g/mol. The van der Waals surface area contributed by atoms with Gasteiger partial charge in [-0.1, -0.05) is 0 Å². The minimum absolute atomic E-state index is 0.0522. The number of aliphatic hydroxyl groups excluding tert-OH is 1. The first-order valence-electron chi connectivity index (χ1n) is 10.6. The zero-order valence-corrected chi connectivity index (χ0v) is 15.5. The fourth-order valence-corrected chi connectivity index (χ4v) is 7.95. The molecule has 148 valence electrons. The molecule has 0 aromatic heterocycles. The molecule has 4 saturated carbocycles. The Morgan fingerprint density at radius 1 is 1.19 bits per heavy atom. The highest BCUT2D eigenvalue weighted by Crippen LogP contribution is 2.55. The second kappa shape index (κ2) is 5.45. The topological polar surface area (TPSA) is 105 Å². The number of rotatable bonds is 3. The maximum absolute atomic E-state index is 12.9. The van der Waals surface area contributed by atoms with E-state index in [1.807, 2.05) is 0 Å². The van der Waals surface area contributed by atoms with E-state index in [0.29, 0.717) is 6.42 Å². The van der Waals surface area contributed by atoms with Crippen molar-refractivity contribution in [1.82, 2.24) is 10.2 Å². The van der Waals surface area contributed by atoms with Gasteiger partial charge in [0.2, 0.25) is 11.8 Å². The van der Waals surface area contributed by atoms with Crippen molar-refractivity contribution in [2.45, 2.75) is 75.0 Å². The first kappa shape index (κ1) is 16.7. The first-order valence-corrected chi connectivity index (χ1v) is 10.6. The summed E-state index contributed by atoms with van der Waals surface area (Å²) in [5.74, 6) is 1.36. The van der Waals surface area contributed by atoms with Gasteiger partial charge < -0.3 is 25.8 Å². The van der Waals surface area contributed by atoms with Crippen LogP contribution in [0.4, 0.5) is 0 Å². The molecule has 3 saturated heterocycles. The third-order valence-electron chi connectivity index (χ3n) is 8.44. The van der Waals surface area contributed by atoms with Gasteiger partial charge in [0.05, 0.1) is 18.1 Å². The van der Waals surface area contributed by atoms with Crippen LogP contribution in [-0.2, 0) is 14.3 Å². The van der Waals surface area contributed by atoms with Gasteiger partial charge in [0.15, 0.2) is 0 Å². The van der Waals surface area contributed by atoms with Crippen molar-refractivity contribution in [1.29, 1.82) is 0 Å². The lowest BCUT2D eigenvalue weighted by molar-refractivity contribution is -0.145. The summed E-state index contributed by atoms with van der Waals surface area (Å²) >= 11 is 0. The third kappa shape index (κ3) is 2.31. The second-order valence-electron chi connectivity index (χ2n) is 10.3. The number of fused-ring (bicyclic) bond motifs is 5. The first-order chi connectivity index (χ1) is 12.9. The highest BCUT2D eigenvalue weighted by molar-refractivity contribution is 5.89. The van der Waals surface area contributed by atoms with Crippen LogP contribution in [0.2, 0.25) is 0 Å². The predicted molar refractivity (Wildman–Crippen MR) is 95.0 cm³/mol. The Morgan fingerprint density at radius 3 is 2.44 bits per heavy atom. The van der Waals surface area contributed by atoms with Gasteiger partial charge in [-0.2, -0.15) is 0 Å². The molecule has 0 aromatic rings. The lowest BCUT2D eigenvalue weighted by Crippen LogP contribution is -2.61. The number of carbonyl (C=O) groups excluding carboxylic acids is 2. The molecule has 0 spiro atoms. The van der Waals surface area contributed by atoms with Gasteiger partial charge in [-0.3, -0.25) is 9.59 Å². The molecule has 6 bridgehead atoms. The van der Waals surface area contributed by atoms with Crippen molar-refractivity contribution in [3.05, 3.63) is 0 Å². The van der Waals surface area contributed by atoms with Crippen molar-refractivity contribution in [3.8, 4) is 0 Å². The maximum Gasteiger partial charge on any atom is 0.240 e. The van der Waals surface area contributed by atoms with E-state index < -0.39 is 6.23 Å². The molecule has 7 aliphatic rings. The molecule has 6 atom stereocenters. The molecule has 2 amide bonds. The van der Waals surface area contributed by atoms with Crippen LogP contribution in [0.3, 0.4) is 0 Å². The van der Waals surface area contributed by atoms with E-state index in [4.69, 9.17) is 10.5 Å². The van der Waals surface area contributed by atoms with Crippen LogP contribution in [0.15, 0.2) is 0 Å². The smallest absolute Gasteiger partial charge is 0.240 e. The van der Waals surface area contributed by atoms with Crippen LogP contribution in [0.25, 0.3) is 0 Å². The Bertz CT molecular complexity index is 661. The number of nitrogens with two attached hydrogens (primary N) is 1. The SMILES string of the molecule is NC1CC2OC1C1C2C(=O)N(CC(=O)NC23CC4CC(CC(C4)C2)C3)C1O. The summed E-state index contributed by atoms with van der Waals surface area (Å²) in [5.41, 5.74) is 6.01. The Labute approximate surface area is 159 Å². The number of nitrogens with zero attached hydrogens (tertiary/aromatic N) is 1. The van der Waals surface area contributed by atoms with Gasteiger partial charge in [0.25, 0.3) is 0 Å². The zero-order valence-electron chi connectivity index (χ0n) is 15.5. The van der Waals surface area contributed by atoms with E-state index >= 15 is 0 Å². The summed E-state index contributed by atoms with van der Waals surface area (Å²) in [4.78, 5) is 27.1. The summed E-state index contributed by atoms with van der Waals surface area (Å²) < 4.78 is 5.80. The van der Waals surface area contributed by atoms with Crippen molar-refractivity contribution in [2.24, 2.45) is 35.3 Å². The predicted octanol–water partition coefficient (Wildman–Crippen LogP) is -0.0372. The van der Waals surface area contributed by atoms with E-state index in [0.717, 1.165) is 37.0 Å². The van der Waals surface area contributed by atoms with Gasteiger partial charge in [0.1, 0.15) is 12.8 Å². The van der Waals surface area contributed by atoms with Gasteiger partial charge in [-0.05, 0) is 62.7 Å². The lowest BCUT2D eigenvalue weighted by Gasteiger charge is -2.57. The molecular formula is C20H29N3O4. The molecule has 3 heterocycles. The lowest BCUT2D eigenvalue weighted by atomic mass is 9.53. The molecule has 7 heteroatoms. The van der Waals surface area contributed by atoms with E-state index in [9.17, 15) is 14.7 Å². The number of nitrogens with one attached hydrogen (secondary N) is 1. The van der Waals surface area contributed by atoms with Crippen LogP contribution < -0.4 is 11.1 Å². The van der Waals surface area contributed by atoms with Crippen LogP contribution in [0.5, 0.6) is 0 Å². The summed E-state index contributed by atoms with van der Waals surface area (Å²) in [6.07, 6.45) is 6.45. The summed E-state index contributed by atoms with van der Waals surface area (Å²) in [5, 5.41) is 14.0. The number of carbonyl (C=O) groups is 2. The molecule has 4 N–H and O–H groups in total. The maximum atomic E-state index is 12.9. The molecule has 4 aliphatic carbocycles. The molecule has 7 rings (SSSR count). The molecule has 7 fully saturated rings. The van der Waals surface area contributed by atoms with Crippen LogP contribution >= 0.6 is 0 Å². The second-order valence-corrected chi connectivity index (χ2v) is 10.3. The van der Waals surface area contributed by atoms with E-state index in [1.165, 1.54) is 24.2 Å². The van der Waals surface area contributed by atoms with Gasteiger partial charge in [0, 0.05) is 17.5 Å². The van der Waals surface area contributed by atoms with Gasteiger partial charge in [-0.15, -0.1) is 0 Å². The van der Waals surface area contributed by atoms with Gasteiger partial charge >= 0.3 is 0 Å². The molecule has 0 radical (unpaired) electrons. The molecular weight excluding hydrogens is 346 g/mol. The van der Waals surface area contributed by atoms with Crippen LogP contribution in [0, 0.1) is 29.6 Å². The zero-order chi connectivity index (χ0) is 18.5. The summed E-state index contributed by atoms with van der Waals surface area (Å²) in [6.45, 7) is -0.0522. The molecule has 3 aliphatic heterocycles. The Kier molecular flexibility index (Phi) is 3.38. The minimum Gasteiger partial charge on any atom is -0.373 e. The highest BCUT2D eigenvalue weighted by atomic mass is 16.5. The fourth-order valence-electron chi connectivity index (χ4n) is 7.95. The minimum atomic E-state index is -0.967.